The summed E-state index contributed by atoms with van der Waals surface area (Å²) in [5.74, 6) is -3.53. The first-order valence-electron chi connectivity index (χ1n) is 13.2. The number of aliphatic hydroxyl groups is 1. The Labute approximate surface area is 218 Å². The summed E-state index contributed by atoms with van der Waals surface area (Å²) in [6, 6.07) is 2.75. The maximum Gasteiger partial charge on any atom is 0.270 e. The summed E-state index contributed by atoms with van der Waals surface area (Å²) >= 11 is 0. The Hall–Kier alpha value is -3.41. The largest absolute Gasteiger partial charge is 0.392 e. The van der Waals surface area contributed by atoms with Gasteiger partial charge in [0.05, 0.1) is 30.2 Å². The van der Waals surface area contributed by atoms with E-state index in [1.165, 1.54) is 0 Å². The topological polar surface area (TPSA) is 126 Å². The smallest absolute Gasteiger partial charge is 0.270 e. The number of carbonyl (C=O) groups is 2. The molecule has 0 aromatic carbocycles. The second-order valence-corrected chi connectivity index (χ2v) is 10.3. The third-order valence-electron chi connectivity index (χ3n) is 7.73. The molecule has 2 fully saturated rings. The van der Waals surface area contributed by atoms with Crippen LogP contribution in [0.2, 0.25) is 0 Å². The van der Waals surface area contributed by atoms with E-state index in [-0.39, 0.29) is 55.9 Å². The van der Waals surface area contributed by atoms with Crippen molar-refractivity contribution in [2.45, 2.75) is 77.0 Å². The van der Waals surface area contributed by atoms with Crippen LogP contribution in [0, 0.1) is 11.8 Å². The summed E-state index contributed by atoms with van der Waals surface area (Å²) in [7, 11) is 0. The minimum atomic E-state index is -2.71. The van der Waals surface area contributed by atoms with E-state index in [1.54, 1.807) is 33.7 Å². The van der Waals surface area contributed by atoms with Gasteiger partial charge in [-0.05, 0) is 50.7 Å². The molecule has 1 saturated heterocycles. The van der Waals surface area contributed by atoms with Crippen molar-refractivity contribution < 1.29 is 23.5 Å². The van der Waals surface area contributed by atoms with Gasteiger partial charge in [0.1, 0.15) is 5.69 Å². The zero-order valence-corrected chi connectivity index (χ0v) is 21.4. The number of aromatic nitrogens is 5. The van der Waals surface area contributed by atoms with Crippen LogP contribution in [0.3, 0.4) is 0 Å². The summed E-state index contributed by atoms with van der Waals surface area (Å²) in [5, 5.41) is 24.7. The number of hydrogen-bond donors (Lipinski definition) is 3. The molecule has 12 heteroatoms. The Balaban J connectivity index is 1.47. The molecule has 2 unspecified atom stereocenters. The van der Waals surface area contributed by atoms with Gasteiger partial charge in [0.25, 0.3) is 5.91 Å². The van der Waals surface area contributed by atoms with Crippen molar-refractivity contribution in [3.8, 4) is 0 Å². The summed E-state index contributed by atoms with van der Waals surface area (Å²) < 4.78 is 31.1. The molecule has 3 N–H and O–H groups in total. The Bertz CT molecular complexity index is 1310. The Kier molecular flexibility index (Phi) is 7.42. The molecule has 2 amide bonds. The fraction of sp³-hybridized carbons (Fsp3) is 0.577. The molecule has 0 bridgehead atoms. The van der Waals surface area contributed by atoms with E-state index >= 15 is 0 Å². The number of hydrogen-bond acceptors (Lipinski definition) is 6. The first kappa shape index (κ1) is 26.2. The van der Waals surface area contributed by atoms with E-state index in [9.17, 15) is 23.5 Å². The van der Waals surface area contributed by atoms with Gasteiger partial charge in [0.2, 0.25) is 11.8 Å². The second-order valence-electron chi connectivity index (χ2n) is 10.3. The lowest BCUT2D eigenvalue weighted by atomic mass is 9.81. The number of halogens is 2. The zero-order valence-electron chi connectivity index (χ0n) is 21.4. The highest BCUT2D eigenvalue weighted by Crippen LogP contribution is 2.41. The van der Waals surface area contributed by atoms with Crippen LogP contribution in [0.5, 0.6) is 0 Å². The van der Waals surface area contributed by atoms with Crippen molar-refractivity contribution >= 4 is 17.5 Å². The van der Waals surface area contributed by atoms with Crippen LogP contribution >= 0.6 is 0 Å². The fourth-order valence-electron chi connectivity index (χ4n) is 5.56. The number of rotatable bonds is 8. The van der Waals surface area contributed by atoms with Crippen LogP contribution in [0.25, 0.3) is 5.65 Å². The molecule has 38 heavy (non-hydrogen) atoms. The molecular weight excluding hydrogens is 496 g/mol. The highest BCUT2D eigenvalue weighted by atomic mass is 19.3. The SMILES string of the molecule is CCn1nccc1C(=O)NC(c1cn2nc(CC3CCCNC3=O)c(CO)cc2n1)C1CCC(F)(F)CC1. The van der Waals surface area contributed by atoms with Crippen LogP contribution in [0.4, 0.5) is 8.78 Å². The van der Waals surface area contributed by atoms with Crippen LogP contribution in [0.1, 0.15) is 78.9 Å². The van der Waals surface area contributed by atoms with E-state index < -0.39 is 12.0 Å². The van der Waals surface area contributed by atoms with Gasteiger partial charge in [-0.25, -0.2) is 18.3 Å². The van der Waals surface area contributed by atoms with E-state index in [1.807, 2.05) is 6.92 Å². The number of nitrogens with one attached hydrogen (secondary N) is 2. The van der Waals surface area contributed by atoms with Crippen LogP contribution in [0.15, 0.2) is 24.5 Å². The summed E-state index contributed by atoms with van der Waals surface area (Å²) in [6.45, 7) is 2.80. The number of alkyl halides is 2. The third-order valence-corrected chi connectivity index (χ3v) is 7.73. The monoisotopic (exact) mass is 529 g/mol. The number of aryl methyl sites for hydroxylation is 1. The fourth-order valence-corrected chi connectivity index (χ4v) is 5.56. The maximum absolute atomic E-state index is 14.0. The highest BCUT2D eigenvalue weighted by Gasteiger charge is 2.39. The lowest BCUT2D eigenvalue weighted by molar-refractivity contribution is -0.126. The van der Waals surface area contributed by atoms with Gasteiger partial charge in [0.15, 0.2) is 5.65 Å². The molecule has 2 aliphatic rings. The number of piperidine rings is 1. The number of aliphatic hydroxyl groups excluding tert-OH is 1. The Morgan fingerprint density at radius 3 is 2.82 bits per heavy atom. The van der Waals surface area contributed by atoms with Gasteiger partial charge < -0.3 is 15.7 Å². The number of nitrogens with zero attached hydrogens (tertiary/aromatic N) is 5. The van der Waals surface area contributed by atoms with Crippen molar-refractivity contribution in [1.82, 2.24) is 35.0 Å². The van der Waals surface area contributed by atoms with Crippen molar-refractivity contribution in [3.05, 3.63) is 47.2 Å². The van der Waals surface area contributed by atoms with Crippen LogP contribution in [-0.2, 0) is 24.4 Å². The first-order valence-corrected chi connectivity index (χ1v) is 13.2. The molecule has 3 aromatic heterocycles. The molecule has 10 nitrogen and oxygen atoms in total. The first-order chi connectivity index (χ1) is 18.3. The molecular formula is C26H33F2N7O3. The van der Waals surface area contributed by atoms with Gasteiger partial charge >= 0.3 is 0 Å². The standard InChI is InChI=1S/C26H33F2N7O3/c1-2-34-21(7-11-30-34)25(38)32-23(16-5-8-26(27,28)9-6-16)20-14-35-22(31-20)13-18(15-36)19(33-35)12-17-4-3-10-29-24(17)37/h7,11,13-14,16-17,23,36H,2-6,8-10,12,15H2,1H3,(H,29,37)(H,32,38). The molecule has 2 atom stereocenters. The summed E-state index contributed by atoms with van der Waals surface area (Å²) in [6.07, 6.45) is 5.29. The number of amides is 2. The average Bonchev–Trinajstić information content (AvgIpc) is 3.55. The number of carbonyl (C=O) groups excluding carboxylic acids is 2. The molecule has 0 radical (unpaired) electrons. The van der Waals surface area contributed by atoms with Crippen molar-refractivity contribution in [3.63, 3.8) is 0 Å². The Morgan fingerprint density at radius 1 is 1.32 bits per heavy atom. The summed E-state index contributed by atoms with van der Waals surface area (Å²) in [5.41, 5.74) is 2.56. The molecule has 0 spiro atoms. The van der Waals surface area contributed by atoms with Crippen molar-refractivity contribution in [2.24, 2.45) is 11.8 Å². The second kappa shape index (κ2) is 10.8. The highest BCUT2D eigenvalue weighted by molar-refractivity contribution is 5.92. The molecule has 4 heterocycles. The van der Waals surface area contributed by atoms with E-state index in [4.69, 9.17) is 4.98 Å². The van der Waals surface area contributed by atoms with Gasteiger partial charge in [-0.2, -0.15) is 10.2 Å². The number of imidazole rings is 1. The van der Waals surface area contributed by atoms with Gasteiger partial charge in [-0.1, -0.05) is 0 Å². The third kappa shape index (κ3) is 5.40. The van der Waals surface area contributed by atoms with Crippen LogP contribution < -0.4 is 10.6 Å². The van der Waals surface area contributed by atoms with E-state index in [2.05, 4.69) is 20.8 Å². The van der Waals surface area contributed by atoms with E-state index in [0.29, 0.717) is 47.8 Å². The maximum atomic E-state index is 14.0. The zero-order chi connectivity index (χ0) is 26.9. The predicted octanol–water partition coefficient (Wildman–Crippen LogP) is 2.80. The lowest BCUT2D eigenvalue weighted by Gasteiger charge is -2.33. The average molecular weight is 530 g/mol. The van der Waals surface area contributed by atoms with Crippen molar-refractivity contribution in [1.29, 1.82) is 0 Å². The molecule has 5 rings (SSSR count). The van der Waals surface area contributed by atoms with Gasteiger partial charge in [-0.3, -0.25) is 14.3 Å². The molecule has 1 saturated carbocycles. The van der Waals surface area contributed by atoms with Gasteiger partial charge in [-0.15, -0.1) is 0 Å². The minimum Gasteiger partial charge on any atom is -0.392 e. The van der Waals surface area contributed by atoms with E-state index in [0.717, 1.165) is 12.8 Å². The molecule has 1 aliphatic heterocycles. The minimum absolute atomic E-state index is 0.0171. The van der Waals surface area contributed by atoms with Gasteiger partial charge in [0, 0.05) is 50.0 Å². The lowest BCUT2D eigenvalue weighted by Crippen LogP contribution is -2.38. The van der Waals surface area contributed by atoms with Crippen LogP contribution in [-0.4, -0.2) is 53.8 Å². The molecule has 1 aliphatic carbocycles. The van der Waals surface area contributed by atoms with Crippen molar-refractivity contribution in [2.75, 3.05) is 6.54 Å². The summed E-state index contributed by atoms with van der Waals surface area (Å²) in [4.78, 5) is 30.2. The predicted molar refractivity (Wildman–Crippen MR) is 133 cm³/mol. The number of fused-ring (bicyclic) bond motifs is 1. The quantitative estimate of drug-likeness (QED) is 0.412. The Morgan fingerprint density at radius 2 is 2.11 bits per heavy atom. The molecule has 204 valence electrons. The molecule has 3 aromatic rings. The normalized spacial score (nSPS) is 20.8.